The van der Waals surface area contributed by atoms with Crippen molar-refractivity contribution in [2.45, 2.75) is 18.2 Å². The van der Waals surface area contributed by atoms with Crippen molar-refractivity contribution in [3.05, 3.63) is 66.2 Å². The second-order valence-corrected chi connectivity index (χ2v) is 6.12. The number of benzene rings is 2. The number of rotatable bonds is 5. The number of hydrogen-bond donors (Lipinski definition) is 0. The van der Waals surface area contributed by atoms with Crippen LogP contribution in [0.25, 0.3) is 0 Å². The van der Waals surface area contributed by atoms with Crippen molar-refractivity contribution in [3.8, 4) is 0 Å². The Balaban J connectivity index is 1.70. The van der Waals surface area contributed by atoms with Crippen molar-refractivity contribution in [1.82, 2.24) is 0 Å². The summed E-state index contributed by atoms with van der Waals surface area (Å²) >= 11 is 0.629. The van der Waals surface area contributed by atoms with Gasteiger partial charge in [-0.1, -0.05) is 0 Å². The maximum absolute atomic E-state index is 3.06. The van der Waals surface area contributed by atoms with E-state index in [9.17, 15) is 0 Å². The molecule has 16 heavy (non-hydrogen) atoms. The Morgan fingerprint density at radius 1 is 0.938 bits per heavy atom. The van der Waals surface area contributed by atoms with Gasteiger partial charge in [-0.3, -0.25) is 0 Å². The summed E-state index contributed by atoms with van der Waals surface area (Å²) in [5, 5.41) is 1.33. The first-order valence-electron chi connectivity index (χ1n) is 5.58. The van der Waals surface area contributed by atoms with Crippen LogP contribution in [0, 0.1) is 6.07 Å². The molecule has 0 nitrogen and oxygen atoms in total. The van der Waals surface area contributed by atoms with Gasteiger partial charge in [0.1, 0.15) is 0 Å². The van der Waals surface area contributed by atoms with E-state index in [4.69, 9.17) is 0 Å². The van der Waals surface area contributed by atoms with Crippen LogP contribution in [-0.4, -0.2) is 15.0 Å². The zero-order valence-electron chi connectivity index (χ0n) is 9.23. The number of hydrogen-bond acceptors (Lipinski definition) is 0. The van der Waals surface area contributed by atoms with Crippen LogP contribution in [-0.2, 0) is 6.42 Å². The van der Waals surface area contributed by atoms with E-state index in [1.54, 1.807) is 0 Å². The molecule has 0 aliphatic heterocycles. The van der Waals surface area contributed by atoms with Crippen LogP contribution in [0.15, 0.2) is 54.6 Å². The summed E-state index contributed by atoms with van der Waals surface area (Å²) in [5.74, 6) is 0. The minimum atomic E-state index is 0.629. The van der Waals surface area contributed by atoms with Gasteiger partial charge in [0.2, 0.25) is 0 Å². The van der Waals surface area contributed by atoms with Gasteiger partial charge in [0, 0.05) is 0 Å². The summed E-state index contributed by atoms with van der Waals surface area (Å²) in [4.78, 5) is 0. The van der Waals surface area contributed by atoms with E-state index in [0.717, 1.165) is 0 Å². The van der Waals surface area contributed by atoms with Gasteiger partial charge in [-0.15, -0.1) is 0 Å². The molecule has 0 unspecified atom stereocenters. The fraction of sp³-hybridized carbons (Fsp3) is 0.200. The average Bonchev–Trinajstić information content (AvgIpc) is 2.37. The van der Waals surface area contributed by atoms with Gasteiger partial charge >= 0.3 is 104 Å². The van der Waals surface area contributed by atoms with E-state index >= 15 is 0 Å². The summed E-state index contributed by atoms with van der Waals surface area (Å²) in [5.41, 5.74) is 1.46. The van der Waals surface area contributed by atoms with Gasteiger partial charge in [0.15, 0.2) is 0 Å². The first-order chi connectivity index (χ1) is 7.95. The molecule has 0 aromatic heterocycles. The normalized spacial score (nSPS) is 10.2. The molecule has 1 radical (unpaired) electrons. The topological polar surface area (TPSA) is 0 Å². The predicted molar refractivity (Wildman–Crippen MR) is 70.2 cm³/mol. The second-order valence-electron chi connectivity index (χ2n) is 3.67. The quantitative estimate of drug-likeness (QED) is 0.581. The molecule has 0 N–H and O–H groups in total. The summed E-state index contributed by atoms with van der Waals surface area (Å²) in [6.07, 6.45) is 2.50. The molecule has 0 bridgehead atoms. The Hall–Kier alpha value is -1.04. The van der Waals surface area contributed by atoms with Crippen LogP contribution in [0.4, 0.5) is 0 Å². The Morgan fingerprint density at radius 3 is 2.44 bits per heavy atom. The van der Waals surface area contributed by atoms with Crippen LogP contribution in [0.3, 0.4) is 0 Å². The molecule has 0 heterocycles. The average molecular weight is 274 g/mol. The molecule has 0 saturated carbocycles. The zero-order valence-corrected chi connectivity index (χ0v) is 10.9. The summed E-state index contributed by atoms with van der Waals surface area (Å²) < 4.78 is 1.49. The third-order valence-electron chi connectivity index (χ3n) is 2.41. The van der Waals surface area contributed by atoms with E-state index < -0.39 is 0 Å². The molecule has 0 atom stereocenters. The summed E-state index contributed by atoms with van der Waals surface area (Å²) in [6, 6.07) is 22.2. The van der Waals surface area contributed by atoms with E-state index in [-0.39, 0.29) is 0 Å². The van der Waals surface area contributed by atoms with E-state index in [1.807, 2.05) is 12.1 Å². The van der Waals surface area contributed by atoms with Crippen molar-refractivity contribution in [3.63, 3.8) is 0 Å². The van der Waals surface area contributed by atoms with Gasteiger partial charge in [0.05, 0.1) is 0 Å². The Morgan fingerprint density at radius 2 is 1.69 bits per heavy atom. The van der Waals surface area contributed by atoms with Gasteiger partial charge in [-0.2, -0.15) is 0 Å². The first-order valence-corrected chi connectivity index (χ1v) is 7.65. The Kier molecular flexibility index (Phi) is 4.67. The van der Waals surface area contributed by atoms with Gasteiger partial charge < -0.3 is 0 Å². The number of aryl methyl sites for hydroxylation is 1. The fourth-order valence-corrected chi connectivity index (χ4v) is 3.37. The van der Waals surface area contributed by atoms with Gasteiger partial charge in [0.25, 0.3) is 0 Å². The third kappa shape index (κ3) is 3.84. The molecule has 2 rings (SSSR count). The fourth-order valence-electron chi connectivity index (χ4n) is 1.58. The molecule has 1 heteroatoms. The second kappa shape index (κ2) is 6.52. The van der Waals surface area contributed by atoms with Crippen molar-refractivity contribution in [2.75, 3.05) is 0 Å². The molecule has 0 fully saturated rings. The van der Waals surface area contributed by atoms with Crippen LogP contribution in [0.5, 0.6) is 0 Å². The Bertz CT molecular complexity index is 353. The monoisotopic (exact) mass is 275 g/mol. The van der Waals surface area contributed by atoms with Crippen molar-refractivity contribution in [1.29, 1.82) is 0 Å². The third-order valence-corrected chi connectivity index (χ3v) is 4.71. The van der Waals surface area contributed by atoms with E-state index in [0.29, 0.717) is 15.0 Å². The summed E-state index contributed by atoms with van der Waals surface area (Å²) in [6.45, 7) is 0. The van der Waals surface area contributed by atoms with E-state index in [1.165, 1.54) is 28.2 Å². The maximum atomic E-state index is 3.06. The molecular formula is C15H15Se. The Labute approximate surface area is 104 Å². The minimum absolute atomic E-state index is 0.629. The zero-order chi connectivity index (χ0) is 11.1. The van der Waals surface area contributed by atoms with E-state index in [2.05, 4.69) is 48.5 Å². The van der Waals surface area contributed by atoms with Gasteiger partial charge in [-0.25, -0.2) is 0 Å². The molecule has 0 saturated heterocycles. The molecule has 0 aliphatic carbocycles. The van der Waals surface area contributed by atoms with Crippen LogP contribution in [0.2, 0.25) is 5.32 Å². The van der Waals surface area contributed by atoms with Crippen molar-refractivity contribution in [2.24, 2.45) is 0 Å². The molecule has 81 valence electrons. The molecule has 2 aromatic carbocycles. The van der Waals surface area contributed by atoms with Crippen molar-refractivity contribution < 1.29 is 0 Å². The van der Waals surface area contributed by atoms with Crippen molar-refractivity contribution >= 4 is 19.4 Å². The first kappa shape index (κ1) is 11.4. The molecule has 0 spiro atoms. The summed E-state index contributed by atoms with van der Waals surface area (Å²) in [7, 11) is 0. The SMILES string of the molecule is [c]1ccc([Se]CCCc2ccccc2)cc1. The molecule has 0 amide bonds. The van der Waals surface area contributed by atoms with Gasteiger partial charge in [-0.05, 0) is 0 Å². The van der Waals surface area contributed by atoms with Crippen LogP contribution in [0.1, 0.15) is 12.0 Å². The molecular weight excluding hydrogens is 259 g/mol. The molecule has 2 aromatic rings. The van der Waals surface area contributed by atoms with Crippen LogP contribution < -0.4 is 4.46 Å². The van der Waals surface area contributed by atoms with Crippen LogP contribution >= 0.6 is 0 Å². The predicted octanol–water partition coefficient (Wildman–Crippen LogP) is 2.87. The standard InChI is InChI=1S/C15H15Se/c1-3-8-14(9-4-1)10-7-13-16-15-11-5-2-6-12-15/h1,3-6,8-9,11-12H,7,10,13H2. The molecule has 0 aliphatic rings.